The van der Waals surface area contributed by atoms with Crippen LogP contribution in [0.1, 0.15) is 44.6 Å². The van der Waals surface area contributed by atoms with Gasteiger partial charge in [-0.3, -0.25) is 4.98 Å². The van der Waals surface area contributed by atoms with E-state index in [0.29, 0.717) is 12.5 Å². The molecule has 2 aromatic heterocycles. The Morgan fingerprint density at radius 2 is 1.76 bits per heavy atom. The zero-order valence-corrected chi connectivity index (χ0v) is 15.2. The number of nitrogens with zero attached hydrogens (tertiary/aromatic N) is 3. The Kier molecular flexibility index (Phi) is 5.39. The molecule has 3 aromatic rings. The second-order valence-electron chi connectivity index (χ2n) is 6.91. The molecule has 0 amide bonds. The summed E-state index contributed by atoms with van der Waals surface area (Å²) in [5, 5.41) is 1.13. The van der Waals surface area contributed by atoms with Crippen molar-refractivity contribution in [3.05, 3.63) is 54.2 Å². The molecule has 2 N–H and O–H groups in total. The molecule has 130 valence electrons. The van der Waals surface area contributed by atoms with Crippen molar-refractivity contribution in [1.82, 2.24) is 15.0 Å². The van der Waals surface area contributed by atoms with E-state index in [-0.39, 0.29) is 5.92 Å². The van der Waals surface area contributed by atoms with Crippen LogP contribution < -0.4 is 5.73 Å². The summed E-state index contributed by atoms with van der Waals surface area (Å²) in [7, 11) is 0. The number of aromatic nitrogens is 3. The first-order chi connectivity index (χ1) is 12.1. The first kappa shape index (κ1) is 17.5. The zero-order valence-electron chi connectivity index (χ0n) is 15.2. The quantitative estimate of drug-likeness (QED) is 0.728. The Morgan fingerprint density at radius 1 is 1.00 bits per heavy atom. The van der Waals surface area contributed by atoms with Crippen molar-refractivity contribution in [2.24, 2.45) is 11.7 Å². The monoisotopic (exact) mass is 334 g/mol. The van der Waals surface area contributed by atoms with Crippen LogP contribution in [0.2, 0.25) is 0 Å². The molecule has 0 aliphatic carbocycles. The number of nitrogens with two attached hydrogens (primary N) is 1. The highest BCUT2D eigenvalue weighted by molar-refractivity contribution is 5.86. The molecule has 1 atom stereocenters. The van der Waals surface area contributed by atoms with Crippen LogP contribution in [0.3, 0.4) is 0 Å². The van der Waals surface area contributed by atoms with Crippen LogP contribution in [0.5, 0.6) is 0 Å². The van der Waals surface area contributed by atoms with Gasteiger partial charge in [0.2, 0.25) is 0 Å². The maximum atomic E-state index is 6.00. The van der Waals surface area contributed by atoms with E-state index in [0.717, 1.165) is 40.8 Å². The lowest BCUT2D eigenvalue weighted by Crippen LogP contribution is -2.18. The number of aryl methyl sites for hydroxylation is 1. The molecule has 2 heterocycles. The van der Waals surface area contributed by atoms with Gasteiger partial charge in [0.15, 0.2) is 0 Å². The summed E-state index contributed by atoms with van der Waals surface area (Å²) in [5.41, 5.74) is 10.4. The van der Waals surface area contributed by atoms with E-state index in [1.54, 1.807) is 0 Å². The predicted molar refractivity (Wildman–Crippen MR) is 103 cm³/mol. The molecule has 25 heavy (non-hydrogen) atoms. The SMILES string of the molecule is CCc1nc(C(CN)CC(C)C)nc2ccc(-c3ccncc3)cc12. The van der Waals surface area contributed by atoms with Crippen LogP contribution >= 0.6 is 0 Å². The first-order valence-electron chi connectivity index (χ1n) is 9.03. The van der Waals surface area contributed by atoms with Crippen LogP contribution in [0, 0.1) is 5.92 Å². The second kappa shape index (κ2) is 7.70. The minimum atomic E-state index is 0.217. The van der Waals surface area contributed by atoms with Gasteiger partial charge >= 0.3 is 0 Å². The lowest BCUT2D eigenvalue weighted by molar-refractivity contribution is 0.488. The minimum Gasteiger partial charge on any atom is -0.330 e. The van der Waals surface area contributed by atoms with Gasteiger partial charge in [-0.05, 0) is 54.2 Å². The fourth-order valence-corrected chi connectivity index (χ4v) is 3.26. The Hall–Kier alpha value is -2.33. The molecule has 0 saturated heterocycles. The van der Waals surface area contributed by atoms with Gasteiger partial charge in [0, 0.05) is 30.2 Å². The van der Waals surface area contributed by atoms with Crippen molar-refractivity contribution in [3.8, 4) is 11.1 Å². The number of pyridine rings is 1. The fourth-order valence-electron chi connectivity index (χ4n) is 3.26. The van der Waals surface area contributed by atoms with E-state index in [9.17, 15) is 0 Å². The summed E-state index contributed by atoms with van der Waals surface area (Å²) >= 11 is 0. The molecule has 4 nitrogen and oxygen atoms in total. The Bertz CT molecular complexity index is 843. The van der Waals surface area contributed by atoms with Crippen LogP contribution in [-0.2, 0) is 6.42 Å². The van der Waals surface area contributed by atoms with E-state index < -0.39 is 0 Å². The molecule has 1 aromatic carbocycles. The minimum absolute atomic E-state index is 0.217. The molecule has 0 spiro atoms. The summed E-state index contributed by atoms with van der Waals surface area (Å²) < 4.78 is 0. The van der Waals surface area contributed by atoms with Gasteiger partial charge in [-0.2, -0.15) is 0 Å². The lowest BCUT2D eigenvalue weighted by Gasteiger charge is -2.17. The average Bonchev–Trinajstić information content (AvgIpc) is 2.65. The third-order valence-electron chi connectivity index (χ3n) is 4.55. The Morgan fingerprint density at radius 3 is 2.40 bits per heavy atom. The molecule has 1 unspecified atom stereocenters. The highest BCUT2D eigenvalue weighted by Crippen LogP contribution is 2.28. The summed E-state index contributed by atoms with van der Waals surface area (Å²) in [6.45, 7) is 7.16. The van der Waals surface area contributed by atoms with Gasteiger partial charge in [0.05, 0.1) is 11.2 Å². The number of rotatable bonds is 6. The largest absolute Gasteiger partial charge is 0.330 e. The summed E-state index contributed by atoms with van der Waals surface area (Å²) in [6, 6.07) is 10.4. The van der Waals surface area contributed by atoms with Crippen molar-refractivity contribution in [2.75, 3.05) is 6.54 Å². The fraction of sp³-hybridized carbons (Fsp3) is 0.381. The van der Waals surface area contributed by atoms with Crippen molar-refractivity contribution in [1.29, 1.82) is 0 Å². The van der Waals surface area contributed by atoms with Gasteiger partial charge in [-0.15, -0.1) is 0 Å². The molecule has 4 heteroatoms. The molecule has 0 radical (unpaired) electrons. The van der Waals surface area contributed by atoms with E-state index in [2.05, 4.69) is 44.0 Å². The van der Waals surface area contributed by atoms with Crippen molar-refractivity contribution < 1.29 is 0 Å². The molecular formula is C21H26N4. The van der Waals surface area contributed by atoms with E-state index in [4.69, 9.17) is 15.7 Å². The number of fused-ring (bicyclic) bond motifs is 1. The first-order valence-corrected chi connectivity index (χ1v) is 9.03. The third kappa shape index (κ3) is 3.85. The molecule has 0 aliphatic heterocycles. The maximum Gasteiger partial charge on any atom is 0.133 e. The van der Waals surface area contributed by atoms with Crippen molar-refractivity contribution in [3.63, 3.8) is 0 Å². The highest BCUT2D eigenvalue weighted by Gasteiger charge is 2.17. The summed E-state index contributed by atoms with van der Waals surface area (Å²) in [6.07, 6.45) is 5.53. The highest BCUT2D eigenvalue weighted by atomic mass is 14.9. The number of hydrogen-bond donors (Lipinski definition) is 1. The van der Waals surface area contributed by atoms with Gasteiger partial charge in [0.25, 0.3) is 0 Å². The van der Waals surface area contributed by atoms with Gasteiger partial charge in [-0.1, -0.05) is 26.8 Å². The smallest absolute Gasteiger partial charge is 0.133 e. The van der Waals surface area contributed by atoms with Crippen molar-refractivity contribution in [2.45, 2.75) is 39.5 Å². The molecule has 0 fully saturated rings. The van der Waals surface area contributed by atoms with Gasteiger partial charge < -0.3 is 5.73 Å². The molecule has 0 bridgehead atoms. The third-order valence-corrected chi connectivity index (χ3v) is 4.55. The van der Waals surface area contributed by atoms with Gasteiger partial charge in [-0.25, -0.2) is 9.97 Å². The zero-order chi connectivity index (χ0) is 17.8. The number of hydrogen-bond acceptors (Lipinski definition) is 4. The van der Waals surface area contributed by atoms with Crippen molar-refractivity contribution >= 4 is 10.9 Å². The van der Waals surface area contributed by atoms with Crippen LogP contribution in [0.25, 0.3) is 22.0 Å². The summed E-state index contributed by atoms with van der Waals surface area (Å²) in [4.78, 5) is 13.8. The normalized spacial score (nSPS) is 12.7. The lowest BCUT2D eigenvalue weighted by atomic mass is 9.95. The van der Waals surface area contributed by atoms with E-state index in [1.165, 1.54) is 5.56 Å². The van der Waals surface area contributed by atoms with Gasteiger partial charge in [0.1, 0.15) is 5.82 Å². The van der Waals surface area contributed by atoms with Crippen LogP contribution in [0.15, 0.2) is 42.7 Å². The maximum absolute atomic E-state index is 6.00. The predicted octanol–water partition coefficient (Wildman–Crippen LogP) is 4.34. The standard InChI is InChI=1S/C21H26N4/c1-4-19-18-12-16(15-7-9-23-10-8-15)5-6-20(18)25-21(24-19)17(13-22)11-14(2)3/h5-10,12,14,17H,4,11,13,22H2,1-3H3. The molecule has 0 saturated carbocycles. The Labute approximate surface area is 149 Å². The average molecular weight is 334 g/mol. The van der Waals surface area contributed by atoms with Crippen LogP contribution in [0.4, 0.5) is 0 Å². The Balaban J connectivity index is 2.08. The second-order valence-corrected chi connectivity index (χ2v) is 6.91. The van der Waals surface area contributed by atoms with E-state index >= 15 is 0 Å². The van der Waals surface area contributed by atoms with E-state index in [1.807, 2.05) is 24.5 Å². The molecular weight excluding hydrogens is 308 g/mol. The summed E-state index contributed by atoms with van der Waals surface area (Å²) in [5.74, 6) is 1.68. The van der Waals surface area contributed by atoms with Crippen LogP contribution in [-0.4, -0.2) is 21.5 Å². The molecule has 0 aliphatic rings. The number of benzene rings is 1. The topological polar surface area (TPSA) is 64.7 Å². The molecule has 3 rings (SSSR count).